The summed E-state index contributed by atoms with van der Waals surface area (Å²) in [5.41, 5.74) is -0.438. The predicted octanol–water partition coefficient (Wildman–Crippen LogP) is 1.07. The van der Waals surface area contributed by atoms with Gasteiger partial charge in [-0.15, -0.1) is 0 Å². The lowest BCUT2D eigenvalue weighted by molar-refractivity contribution is 0.0951. The minimum atomic E-state index is -3.44. The Bertz CT molecular complexity index is 647. The molecule has 9 heteroatoms. The van der Waals surface area contributed by atoms with Crippen LogP contribution in [0.1, 0.15) is 10.4 Å². The van der Waals surface area contributed by atoms with Crippen LogP contribution in [-0.4, -0.2) is 55.5 Å². The second-order valence-electron chi connectivity index (χ2n) is 4.68. The molecule has 1 saturated heterocycles. The summed E-state index contributed by atoms with van der Waals surface area (Å²) >= 11 is 1.69. The Balaban J connectivity index is 1.90. The second kappa shape index (κ2) is 7.38. The van der Waals surface area contributed by atoms with E-state index in [0.717, 1.165) is 23.6 Å². The van der Waals surface area contributed by atoms with E-state index in [1.807, 2.05) is 0 Å². The van der Waals surface area contributed by atoms with Gasteiger partial charge in [0.25, 0.3) is 5.91 Å². The number of carbonyl (C=O) groups excluding carboxylic acids is 1. The first-order chi connectivity index (χ1) is 10.4. The quantitative estimate of drug-likeness (QED) is 0.863. The van der Waals surface area contributed by atoms with Crippen LogP contribution in [0.4, 0.5) is 8.78 Å². The van der Waals surface area contributed by atoms with Crippen molar-refractivity contribution in [3.8, 4) is 0 Å². The van der Waals surface area contributed by atoms with Gasteiger partial charge < -0.3 is 5.32 Å². The topological polar surface area (TPSA) is 66.5 Å². The van der Waals surface area contributed by atoms with E-state index in [1.54, 1.807) is 11.8 Å². The zero-order chi connectivity index (χ0) is 16.2. The second-order valence-corrected chi connectivity index (χ2v) is 8.00. The number of thioether (sulfide) groups is 1. The molecule has 0 radical (unpaired) electrons. The number of carbonyl (C=O) groups is 1. The van der Waals surface area contributed by atoms with Crippen molar-refractivity contribution in [3.05, 3.63) is 35.4 Å². The molecule has 0 aromatic heterocycles. The Morgan fingerprint density at radius 3 is 2.64 bits per heavy atom. The van der Waals surface area contributed by atoms with Gasteiger partial charge in [0.15, 0.2) is 11.6 Å². The van der Waals surface area contributed by atoms with Crippen molar-refractivity contribution < 1.29 is 22.0 Å². The first kappa shape index (κ1) is 17.2. The van der Waals surface area contributed by atoms with Crippen molar-refractivity contribution in [3.63, 3.8) is 0 Å². The number of amides is 1. The van der Waals surface area contributed by atoms with Gasteiger partial charge in [-0.2, -0.15) is 11.8 Å². The monoisotopic (exact) mass is 350 g/mol. The number of hydrogen-bond acceptors (Lipinski definition) is 4. The third kappa shape index (κ3) is 4.17. The van der Waals surface area contributed by atoms with Crippen LogP contribution in [0.15, 0.2) is 18.2 Å². The maximum atomic E-state index is 13.4. The Morgan fingerprint density at radius 1 is 1.27 bits per heavy atom. The largest absolute Gasteiger partial charge is 0.351 e. The smallest absolute Gasteiger partial charge is 0.254 e. The lowest BCUT2D eigenvalue weighted by Gasteiger charge is -2.25. The zero-order valence-corrected chi connectivity index (χ0v) is 13.4. The highest BCUT2D eigenvalue weighted by Gasteiger charge is 2.24. The summed E-state index contributed by atoms with van der Waals surface area (Å²) in [5.74, 6) is -1.95. The molecule has 0 spiro atoms. The van der Waals surface area contributed by atoms with Crippen molar-refractivity contribution in [2.45, 2.75) is 0 Å². The molecule has 1 heterocycles. The Labute approximate surface area is 132 Å². The van der Waals surface area contributed by atoms with Gasteiger partial charge in [-0.1, -0.05) is 6.07 Å². The summed E-state index contributed by atoms with van der Waals surface area (Å²) in [5, 5.41) is 2.31. The normalized spacial score (nSPS) is 16.5. The van der Waals surface area contributed by atoms with Crippen LogP contribution in [0.2, 0.25) is 0 Å². The minimum Gasteiger partial charge on any atom is -0.351 e. The van der Waals surface area contributed by atoms with Crippen molar-refractivity contribution in [2.75, 3.05) is 36.9 Å². The summed E-state index contributed by atoms with van der Waals surface area (Å²) in [6, 6.07) is 3.27. The van der Waals surface area contributed by atoms with Gasteiger partial charge >= 0.3 is 0 Å². The van der Waals surface area contributed by atoms with Crippen LogP contribution in [0, 0.1) is 11.6 Å². The van der Waals surface area contributed by atoms with Crippen LogP contribution in [0.5, 0.6) is 0 Å². The lowest BCUT2D eigenvalue weighted by Crippen LogP contribution is -2.42. The Kier molecular flexibility index (Phi) is 5.76. The molecule has 1 aliphatic rings. The van der Waals surface area contributed by atoms with Crippen LogP contribution >= 0.6 is 11.8 Å². The summed E-state index contributed by atoms with van der Waals surface area (Å²) in [7, 11) is -3.44. The number of hydrogen-bond donors (Lipinski definition) is 1. The third-order valence-corrected chi connectivity index (χ3v) is 6.02. The molecule has 1 aromatic rings. The highest BCUT2D eigenvalue weighted by molar-refractivity contribution is 7.99. The molecule has 0 atom stereocenters. The van der Waals surface area contributed by atoms with E-state index < -0.39 is 33.1 Å². The van der Waals surface area contributed by atoms with Crippen LogP contribution in [-0.2, 0) is 10.0 Å². The molecule has 0 saturated carbocycles. The van der Waals surface area contributed by atoms with Gasteiger partial charge in [0.2, 0.25) is 10.0 Å². The van der Waals surface area contributed by atoms with Crippen LogP contribution < -0.4 is 5.32 Å². The molecule has 1 aromatic carbocycles. The average molecular weight is 350 g/mol. The SMILES string of the molecule is O=C(NCCS(=O)(=O)N1CCSCC1)c1cccc(F)c1F. The Morgan fingerprint density at radius 2 is 1.95 bits per heavy atom. The summed E-state index contributed by atoms with van der Waals surface area (Å²) in [4.78, 5) is 11.8. The van der Waals surface area contributed by atoms with Crippen molar-refractivity contribution in [2.24, 2.45) is 0 Å². The average Bonchev–Trinajstić information content (AvgIpc) is 2.50. The van der Waals surface area contributed by atoms with Gasteiger partial charge in [0.1, 0.15) is 0 Å². The van der Waals surface area contributed by atoms with Crippen molar-refractivity contribution >= 4 is 27.7 Å². The molecule has 5 nitrogen and oxygen atoms in total. The van der Waals surface area contributed by atoms with E-state index in [1.165, 1.54) is 10.4 Å². The minimum absolute atomic E-state index is 0.152. The van der Waals surface area contributed by atoms with E-state index in [9.17, 15) is 22.0 Å². The Hall–Kier alpha value is -1.19. The molecular weight excluding hydrogens is 334 g/mol. The molecule has 0 unspecified atom stereocenters. The number of rotatable bonds is 5. The fourth-order valence-corrected chi connectivity index (χ4v) is 4.51. The van der Waals surface area contributed by atoms with E-state index in [0.29, 0.717) is 13.1 Å². The molecule has 122 valence electrons. The number of nitrogens with one attached hydrogen (secondary N) is 1. The highest BCUT2D eigenvalue weighted by atomic mass is 32.2. The molecular formula is C13H16F2N2O3S2. The number of benzene rings is 1. The molecule has 1 fully saturated rings. The van der Waals surface area contributed by atoms with Gasteiger partial charge in [-0.05, 0) is 12.1 Å². The molecule has 0 aliphatic carbocycles. The van der Waals surface area contributed by atoms with Crippen molar-refractivity contribution in [1.82, 2.24) is 9.62 Å². The third-order valence-electron chi connectivity index (χ3n) is 3.21. The molecule has 1 amide bonds. The van der Waals surface area contributed by atoms with E-state index in [2.05, 4.69) is 5.32 Å². The highest BCUT2D eigenvalue weighted by Crippen LogP contribution is 2.13. The fraction of sp³-hybridized carbons (Fsp3) is 0.462. The summed E-state index contributed by atoms with van der Waals surface area (Å²) in [6.45, 7) is 0.764. The molecule has 2 rings (SSSR count). The number of sulfonamides is 1. The standard InChI is InChI=1S/C13H16F2N2O3S2/c14-11-3-1-2-10(12(11)15)13(18)16-4-9-22(19,20)17-5-7-21-8-6-17/h1-3H,4-9H2,(H,16,18). The number of halogens is 2. The molecule has 1 aliphatic heterocycles. The van der Waals surface area contributed by atoms with Crippen LogP contribution in [0.25, 0.3) is 0 Å². The van der Waals surface area contributed by atoms with E-state index in [4.69, 9.17) is 0 Å². The summed E-state index contributed by atoms with van der Waals surface area (Å²) < 4.78 is 52.0. The molecule has 0 bridgehead atoms. The first-order valence-corrected chi connectivity index (χ1v) is 9.46. The van der Waals surface area contributed by atoms with Crippen molar-refractivity contribution in [1.29, 1.82) is 0 Å². The van der Waals surface area contributed by atoms with Gasteiger partial charge in [0.05, 0.1) is 11.3 Å². The fourth-order valence-electron chi connectivity index (χ4n) is 2.02. The number of nitrogens with zero attached hydrogens (tertiary/aromatic N) is 1. The maximum absolute atomic E-state index is 13.4. The molecule has 22 heavy (non-hydrogen) atoms. The summed E-state index contributed by atoms with van der Waals surface area (Å²) in [6.07, 6.45) is 0. The predicted molar refractivity (Wildman–Crippen MR) is 81.4 cm³/mol. The van der Waals surface area contributed by atoms with Gasteiger partial charge in [0, 0.05) is 31.1 Å². The molecule has 1 N–H and O–H groups in total. The van der Waals surface area contributed by atoms with Gasteiger partial charge in [-0.25, -0.2) is 21.5 Å². The first-order valence-electron chi connectivity index (χ1n) is 6.69. The van der Waals surface area contributed by atoms with E-state index >= 15 is 0 Å². The maximum Gasteiger partial charge on any atom is 0.254 e. The van der Waals surface area contributed by atoms with Crippen LogP contribution in [0.3, 0.4) is 0 Å². The van der Waals surface area contributed by atoms with Gasteiger partial charge in [-0.3, -0.25) is 4.79 Å². The zero-order valence-electron chi connectivity index (χ0n) is 11.7. The lowest BCUT2D eigenvalue weighted by atomic mass is 10.2. The van der Waals surface area contributed by atoms with E-state index in [-0.39, 0.29) is 12.3 Å².